The SMILES string of the molecule is Cn1cc(NC(=O)c2cc(NC(=O)c3ccc(NC(=O)c4ccc(S(=O)(=O)CCCl)cc4)n3C)cn2C)cc1C(=O)NCCC(N)=O. The number of primary amides is 1. The summed E-state index contributed by atoms with van der Waals surface area (Å²) >= 11 is 5.56. The molecule has 0 saturated carbocycles. The second-order valence-corrected chi connectivity index (χ2v) is 13.0. The fraction of sp³-hybridized carbons (Fsp3) is 0.233. The Morgan fingerprint density at radius 1 is 0.745 bits per heavy atom. The van der Waals surface area contributed by atoms with E-state index in [0.29, 0.717) is 17.2 Å². The van der Waals surface area contributed by atoms with Gasteiger partial charge in [0.25, 0.3) is 23.6 Å². The molecule has 0 bridgehead atoms. The fourth-order valence-electron chi connectivity index (χ4n) is 4.58. The number of carbonyl (C=O) groups excluding carboxylic acids is 5. The van der Waals surface area contributed by atoms with E-state index >= 15 is 0 Å². The fourth-order valence-corrected chi connectivity index (χ4v) is 6.18. The zero-order chi connectivity index (χ0) is 34.5. The summed E-state index contributed by atoms with van der Waals surface area (Å²) in [6.45, 7) is 0.0813. The minimum absolute atomic E-state index is 0.00348. The first-order valence-electron chi connectivity index (χ1n) is 14.1. The summed E-state index contributed by atoms with van der Waals surface area (Å²) in [5, 5.41) is 10.7. The van der Waals surface area contributed by atoms with Crippen molar-refractivity contribution < 1.29 is 32.4 Å². The van der Waals surface area contributed by atoms with Crippen LogP contribution in [0.1, 0.15) is 48.2 Å². The highest BCUT2D eigenvalue weighted by Crippen LogP contribution is 2.20. The number of anilines is 3. The van der Waals surface area contributed by atoms with E-state index in [9.17, 15) is 32.4 Å². The Kier molecular flexibility index (Phi) is 10.6. The van der Waals surface area contributed by atoms with Gasteiger partial charge in [0, 0.05) is 57.9 Å². The van der Waals surface area contributed by atoms with Crippen LogP contribution in [0.4, 0.5) is 17.2 Å². The van der Waals surface area contributed by atoms with Gasteiger partial charge in [-0.3, -0.25) is 24.0 Å². The molecule has 0 spiro atoms. The van der Waals surface area contributed by atoms with Crippen LogP contribution in [-0.2, 0) is 35.8 Å². The molecule has 15 nitrogen and oxygen atoms in total. The maximum Gasteiger partial charge on any atom is 0.272 e. The van der Waals surface area contributed by atoms with Gasteiger partial charge in [0.05, 0.1) is 22.0 Å². The van der Waals surface area contributed by atoms with Crippen molar-refractivity contribution >= 4 is 68.2 Å². The van der Waals surface area contributed by atoms with E-state index in [1.54, 1.807) is 39.6 Å². The largest absolute Gasteiger partial charge is 0.370 e. The maximum atomic E-state index is 13.1. The van der Waals surface area contributed by atoms with Crippen molar-refractivity contribution in [2.45, 2.75) is 11.3 Å². The molecule has 248 valence electrons. The normalized spacial score (nSPS) is 11.1. The third-order valence-corrected chi connectivity index (χ3v) is 9.21. The Morgan fingerprint density at radius 2 is 1.30 bits per heavy atom. The number of halogens is 1. The lowest BCUT2D eigenvalue weighted by Crippen LogP contribution is -2.29. The molecular formula is C30H33ClN8O7S. The number of carbonyl (C=O) groups is 5. The number of aromatic nitrogens is 3. The lowest BCUT2D eigenvalue weighted by atomic mass is 10.2. The van der Waals surface area contributed by atoms with E-state index in [4.69, 9.17) is 17.3 Å². The van der Waals surface area contributed by atoms with E-state index < -0.39 is 39.4 Å². The van der Waals surface area contributed by atoms with Crippen LogP contribution >= 0.6 is 11.6 Å². The molecule has 17 heteroatoms. The van der Waals surface area contributed by atoms with Crippen LogP contribution < -0.4 is 27.0 Å². The highest BCUT2D eigenvalue weighted by Gasteiger charge is 2.20. The van der Waals surface area contributed by atoms with E-state index in [-0.39, 0.29) is 52.1 Å². The molecule has 47 heavy (non-hydrogen) atoms. The van der Waals surface area contributed by atoms with Crippen LogP contribution in [0.15, 0.2) is 65.8 Å². The van der Waals surface area contributed by atoms with Crippen LogP contribution in [0.2, 0.25) is 0 Å². The Hall–Kier alpha value is -5.35. The number of nitrogens with zero attached hydrogens (tertiary/aromatic N) is 3. The number of alkyl halides is 1. The number of benzene rings is 1. The predicted molar refractivity (Wildman–Crippen MR) is 175 cm³/mol. The minimum Gasteiger partial charge on any atom is -0.370 e. The van der Waals surface area contributed by atoms with Crippen LogP contribution in [0.3, 0.4) is 0 Å². The first-order chi connectivity index (χ1) is 22.2. The minimum atomic E-state index is -3.54. The van der Waals surface area contributed by atoms with Crippen LogP contribution in [0.25, 0.3) is 0 Å². The molecule has 0 aliphatic carbocycles. The third-order valence-electron chi connectivity index (χ3n) is 7.07. The number of nitrogens with two attached hydrogens (primary N) is 1. The van der Waals surface area contributed by atoms with Gasteiger partial charge in [0.15, 0.2) is 9.84 Å². The van der Waals surface area contributed by atoms with Crippen molar-refractivity contribution in [3.63, 3.8) is 0 Å². The second kappa shape index (κ2) is 14.4. The zero-order valence-corrected chi connectivity index (χ0v) is 27.2. The number of rotatable bonds is 13. The number of nitrogens with one attached hydrogen (secondary N) is 4. The molecule has 0 aliphatic rings. The van der Waals surface area contributed by atoms with Crippen molar-refractivity contribution in [2.75, 3.05) is 34.1 Å². The van der Waals surface area contributed by atoms with E-state index in [1.165, 1.54) is 56.2 Å². The molecule has 4 rings (SSSR count). The van der Waals surface area contributed by atoms with E-state index in [0.717, 1.165) is 0 Å². The van der Waals surface area contributed by atoms with Gasteiger partial charge in [-0.25, -0.2) is 8.42 Å². The maximum absolute atomic E-state index is 13.1. The molecule has 3 aromatic heterocycles. The average Bonchev–Trinajstić information content (AvgIpc) is 3.68. The Balaban J connectivity index is 1.38. The first kappa shape index (κ1) is 34.5. The Labute approximate surface area is 275 Å². The van der Waals surface area contributed by atoms with Crippen LogP contribution in [0, 0.1) is 0 Å². The molecule has 0 unspecified atom stereocenters. The Morgan fingerprint density at radius 3 is 1.85 bits per heavy atom. The average molecular weight is 685 g/mol. The summed E-state index contributed by atoms with van der Waals surface area (Å²) in [7, 11) is 1.30. The van der Waals surface area contributed by atoms with Crippen molar-refractivity contribution in [3.8, 4) is 0 Å². The van der Waals surface area contributed by atoms with Crippen molar-refractivity contribution in [2.24, 2.45) is 26.9 Å². The molecule has 4 aromatic rings. The standard InChI is InChI=1S/C30H33ClN8O7S/c1-37-16-19(14-23(37)28(42)33-12-10-25(32)40)35-30(44)24-15-20(17-38(24)2)34-29(43)22-8-9-26(39(22)3)36-27(41)18-4-6-21(7-5-18)47(45,46)13-11-31/h4-9,14-17H,10-13H2,1-3H3,(H2,32,40)(H,33,42)(H,34,43)(H,35,44)(H,36,41). The summed E-state index contributed by atoms with van der Waals surface area (Å²) < 4.78 is 28.9. The third kappa shape index (κ3) is 8.28. The van der Waals surface area contributed by atoms with Crippen molar-refractivity contribution in [1.82, 2.24) is 19.0 Å². The van der Waals surface area contributed by atoms with Gasteiger partial charge in [-0.15, -0.1) is 11.6 Å². The van der Waals surface area contributed by atoms with Gasteiger partial charge in [-0.05, 0) is 48.5 Å². The van der Waals surface area contributed by atoms with Gasteiger partial charge >= 0.3 is 0 Å². The van der Waals surface area contributed by atoms with E-state index in [2.05, 4.69) is 21.3 Å². The summed E-state index contributed by atoms with van der Waals surface area (Å²) in [4.78, 5) is 62.3. The van der Waals surface area contributed by atoms with Crippen LogP contribution in [0.5, 0.6) is 0 Å². The van der Waals surface area contributed by atoms with Gasteiger partial charge < -0.3 is 40.7 Å². The molecule has 0 radical (unpaired) electrons. The molecular weight excluding hydrogens is 652 g/mol. The van der Waals surface area contributed by atoms with Gasteiger partial charge in [0.1, 0.15) is 22.9 Å². The molecule has 0 saturated heterocycles. The number of hydrogen-bond donors (Lipinski definition) is 5. The number of amides is 5. The molecule has 5 amide bonds. The van der Waals surface area contributed by atoms with Gasteiger partial charge in [-0.2, -0.15) is 0 Å². The molecule has 0 atom stereocenters. The number of hydrogen-bond acceptors (Lipinski definition) is 7. The summed E-state index contributed by atoms with van der Waals surface area (Å²) in [5.41, 5.74) is 6.69. The monoisotopic (exact) mass is 684 g/mol. The topological polar surface area (TPSA) is 208 Å². The Bertz CT molecular complexity index is 1960. The van der Waals surface area contributed by atoms with Crippen LogP contribution in [-0.4, -0.2) is 69.8 Å². The smallest absolute Gasteiger partial charge is 0.272 e. The first-order valence-corrected chi connectivity index (χ1v) is 16.3. The number of aryl methyl sites for hydroxylation is 2. The van der Waals surface area contributed by atoms with Crippen molar-refractivity contribution in [3.05, 3.63) is 83.6 Å². The molecule has 0 fully saturated rings. The van der Waals surface area contributed by atoms with Crippen molar-refractivity contribution in [1.29, 1.82) is 0 Å². The molecule has 1 aromatic carbocycles. The molecule has 6 N–H and O–H groups in total. The summed E-state index contributed by atoms with van der Waals surface area (Å²) in [5.74, 6) is -2.43. The number of sulfone groups is 1. The summed E-state index contributed by atoms with van der Waals surface area (Å²) in [6, 6.07) is 11.5. The lowest BCUT2D eigenvalue weighted by Gasteiger charge is -2.10. The highest BCUT2D eigenvalue weighted by atomic mass is 35.5. The molecule has 0 aliphatic heterocycles. The van der Waals surface area contributed by atoms with Gasteiger partial charge in [-0.1, -0.05) is 0 Å². The predicted octanol–water partition coefficient (Wildman–Crippen LogP) is 2.08. The zero-order valence-electron chi connectivity index (χ0n) is 25.7. The van der Waals surface area contributed by atoms with E-state index in [1.807, 2.05) is 0 Å². The second-order valence-electron chi connectivity index (χ2n) is 10.5. The lowest BCUT2D eigenvalue weighted by molar-refractivity contribution is -0.117. The van der Waals surface area contributed by atoms with Gasteiger partial charge in [0.2, 0.25) is 5.91 Å². The highest BCUT2D eigenvalue weighted by molar-refractivity contribution is 7.91. The summed E-state index contributed by atoms with van der Waals surface area (Å²) in [6.07, 6.45) is 3.11. The molecule has 3 heterocycles. The quantitative estimate of drug-likeness (QED) is 0.132.